The van der Waals surface area contributed by atoms with Gasteiger partial charge in [0.05, 0.1) is 11.6 Å². The summed E-state index contributed by atoms with van der Waals surface area (Å²) in [6, 6.07) is 6.92. The van der Waals surface area contributed by atoms with E-state index in [0.29, 0.717) is 17.7 Å². The normalized spacial score (nSPS) is 25.8. The summed E-state index contributed by atoms with van der Waals surface area (Å²) in [5, 5.41) is 0. The van der Waals surface area contributed by atoms with Crippen LogP contribution in [-0.4, -0.2) is 41.3 Å². The van der Waals surface area contributed by atoms with Crippen molar-refractivity contribution in [2.45, 2.75) is 70.6 Å². The summed E-state index contributed by atoms with van der Waals surface area (Å²) in [5.74, 6) is -0.207. The van der Waals surface area contributed by atoms with Gasteiger partial charge in [-0.15, -0.1) is 0 Å². The molecule has 0 unspecified atom stereocenters. The Morgan fingerprint density at radius 3 is 2.50 bits per heavy atom. The summed E-state index contributed by atoms with van der Waals surface area (Å²) in [6.07, 6.45) is 7.36. The van der Waals surface area contributed by atoms with Crippen LogP contribution < -0.4 is 5.76 Å². The van der Waals surface area contributed by atoms with E-state index < -0.39 is 0 Å². The van der Waals surface area contributed by atoms with Gasteiger partial charge in [-0.2, -0.15) is 0 Å². The minimum Gasteiger partial charge on any atom is -0.408 e. The van der Waals surface area contributed by atoms with Crippen LogP contribution in [0.5, 0.6) is 0 Å². The number of ether oxygens (including phenoxy) is 1. The summed E-state index contributed by atoms with van der Waals surface area (Å²) >= 11 is 0. The van der Waals surface area contributed by atoms with E-state index in [0.717, 1.165) is 43.6 Å². The van der Waals surface area contributed by atoms with Crippen LogP contribution in [0.25, 0.3) is 11.1 Å². The first-order chi connectivity index (χ1) is 12.7. The standard InChI is InChI=1S/C21H30N2O3/c1-3-25-18-7-5-16(6-8-18)22-12-10-17(11-13-22)23-19-14-15(2)4-9-20(19)26-21(23)24/h4,9,14,16-18H,3,5-8,10-13H2,1-2H3/t16-,18-. The molecule has 2 heterocycles. The van der Waals surface area contributed by atoms with Crippen LogP contribution in [0.3, 0.4) is 0 Å². The van der Waals surface area contributed by atoms with Crippen molar-refractivity contribution >= 4 is 11.1 Å². The maximum Gasteiger partial charge on any atom is 0.420 e. The zero-order valence-corrected chi connectivity index (χ0v) is 15.9. The zero-order valence-electron chi connectivity index (χ0n) is 15.9. The minimum absolute atomic E-state index is 0.207. The molecule has 0 bridgehead atoms. The lowest BCUT2D eigenvalue weighted by Crippen LogP contribution is -2.45. The van der Waals surface area contributed by atoms with Crippen molar-refractivity contribution in [2.24, 2.45) is 0 Å². The van der Waals surface area contributed by atoms with E-state index in [1.54, 1.807) is 0 Å². The van der Waals surface area contributed by atoms with Gasteiger partial charge in [0, 0.05) is 31.8 Å². The summed E-state index contributed by atoms with van der Waals surface area (Å²) in [7, 11) is 0. The second-order valence-corrected chi connectivity index (χ2v) is 7.86. The van der Waals surface area contributed by atoms with Gasteiger partial charge in [0.25, 0.3) is 0 Å². The molecule has 1 aromatic heterocycles. The maximum atomic E-state index is 12.4. The molecule has 142 valence electrons. The third kappa shape index (κ3) is 3.47. The van der Waals surface area contributed by atoms with Crippen LogP contribution in [0.1, 0.15) is 57.1 Å². The third-order valence-electron chi connectivity index (χ3n) is 6.19. The Hall–Kier alpha value is -1.59. The van der Waals surface area contributed by atoms with Gasteiger partial charge in [0.2, 0.25) is 0 Å². The Morgan fingerprint density at radius 1 is 1.08 bits per heavy atom. The maximum absolute atomic E-state index is 12.4. The van der Waals surface area contributed by atoms with Crippen LogP contribution in [0.2, 0.25) is 0 Å². The molecule has 0 atom stereocenters. The molecular weight excluding hydrogens is 328 g/mol. The van der Waals surface area contributed by atoms with E-state index in [1.165, 1.54) is 25.7 Å². The molecule has 5 heteroatoms. The average Bonchev–Trinajstić information content (AvgIpc) is 2.98. The number of nitrogens with zero attached hydrogens (tertiary/aromatic N) is 2. The van der Waals surface area contributed by atoms with Crippen molar-refractivity contribution < 1.29 is 9.15 Å². The number of aromatic nitrogens is 1. The monoisotopic (exact) mass is 358 g/mol. The lowest BCUT2D eigenvalue weighted by Gasteiger charge is -2.40. The van der Waals surface area contributed by atoms with Crippen LogP contribution in [-0.2, 0) is 4.74 Å². The molecule has 26 heavy (non-hydrogen) atoms. The summed E-state index contributed by atoms with van der Waals surface area (Å²) < 4.78 is 13.1. The van der Waals surface area contributed by atoms with Crippen LogP contribution in [0.15, 0.2) is 27.4 Å². The number of piperidine rings is 1. The molecule has 5 nitrogen and oxygen atoms in total. The number of aryl methyl sites for hydroxylation is 1. The van der Waals surface area contributed by atoms with Gasteiger partial charge in [0.15, 0.2) is 5.58 Å². The van der Waals surface area contributed by atoms with Crippen LogP contribution in [0, 0.1) is 6.92 Å². The lowest BCUT2D eigenvalue weighted by atomic mass is 9.90. The highest BCUT2D eigenvalue weighted by atomic mass is 16.5. The highest BCUT2D eigenvalue weighted by Gasteiger charge is 2.30. The van der Waals surface area contributed by atoms with Gasteiger partial charge in [-0.1, -0.05) is 6.07 Å². The predicted molar refractivity (Wildman–Crippen MR) is 103 cm³/mol. The fourth-order valence-corrected chi connectivity index (χ4v) is 4.81. The van der Waals surface area contributed by atoms with Crippen LogP contribution in [0.4, 0.5) is 0 Å². The van der Waals surface area contributed by atoms with Crippen molar-refractivity contribution in [3.63, 3.8) is 0 Å². The van der Waals surface area contributed by atoms with Gasteiger partial charge < -0.3 is 14.1 Å². The lowest BCUT2D eigenvalue weighted by molar-refractivity contribution is 0.00787. The molecule has 1 aliphatic carbocycles. The molecule has 4 rings (SSSR count). The first-order valence-corrected chi connectivity index (χ1v) is 10.1. The molecule has 1 saturated carbocycles. The van der Waals surface area contributed by atoms with Gasteiger partial charge in [-0.25, -0.2) is 4.79 Å². The topological polar surface area (TPSA) is 47.6 Å². The molecule has 0 spiro atoms. The van der Waals surface area contributed by atoms with E-state index in [9.17, 15) is 4.79 Å². The largest absolute Gasteiger partial charge is 0.420 e. The van der Waals surface area contributed by atoms with E-state index in [-0.39, 0.29) is 11.8 Å². The van der Waals surface area contributed by atoms with E-state index in [1.807, 2.05) is 16.7 Å². The molecule has 0 N–H and O–H groups in total. The van der Waals surface area contributed by atoms with E-state index in [4.69, 9.17) is 9.15 Å². The van der Waals surface area contributed by atoms with Gasteiger partial charge >= 0.3 is 5.76 Å². The second-order valence-electron chi connectivity index (χ2n) is 7.86. The SMILES string of the molecule is CCO[C@H]1CC[C@H](N2CCC(n3c(=O)oc4ccc(C)cc43)CC2)CC1. The molecule has 1 aliphatic heterocycles. The summed E-state index contributed by atoms with van der Waals surface area (Å²) in [5.41, 5.74) is 2.82. The van der Waals surface area contributed by atoms with Gasteiger partial charge in [-0.3, -0.25) is 4.57 Å². The molecule has 2 aliphatic rings. The fraction of sp³-hybridized carbons (Fsp3) is 0.667. The average molecular weight is 358 g/mol. The molecule has 2 aromatic rings. The first kappa shape index (κ1) is 17.8. The quantitative estimate of drug-likeness (QED) is 0.832. The van der Waals surface area contributed by atoms with E-state index >= 15 is 0 Å². The highest BCUT2D eigenvalue weighted by molar-refractivity contribution is 5.73. The first-order valence-electron chi connectivity index (χ1n) is 10.1. The second kappa shape index (κ2) is 7.57. The van der Waals surface area contributed by atoms with E-state index in [2.05, 4.69) is 24.8 Å². The van der Waals surface area contributed by atoms with Crippen molar-refractivity contribution in [3.8, 4) is 0 Å². The molecule has 1 aromatic carbocycles. The Bertz CT molecular complexity index is 793. The Labute approximate surface area is 154 Å². The van der Waals surface area contributed by atoms with Crippen LogP contribution >= 0.6 is 0 Å². The number of hydrogen-bond acceptors (Lipinski definition) is 4. The number of hydrogen-bond donors (Lipinski definition) is 0. The van der Waals surface area contributed by atoms with Crippen molar-refractivity contribution in [3.05, 3.63) is 34.3 Å². The number of likely N-dealkylation sites (tertiary alicyclic amines) is 1. The predicted octanol–water partition coefficient (Wildman–Crippen LogP) is 3.89. The smallest absolute Gasteiger partial charge is 0.408 e. The molecule has 1 saturated heterocycles. The van der Waals surface area contributed by atoms with Crippen molar-refractivity contribution in [1.29, 1.82) is 0 Å². The number of benzene rings is 1. The highest BCUT2D eigenvalue weighted by Crippen LogP contribution is 2.31. The Balaban J connectivity index is 1.41. The fourth-order valence-electron chi connectivity index (χ4n) is 4.81. The van der Waals surface area contributed by atoms with Gasteiger partial charge in [-0.05, 0) is 70.1 Å². The van der Waals surface area contributed by atoms with Crippen molar-refractivity contribution in [2.75, 3.05) is 19.7 Å². The van der Waals surface area contributed by atoms with Crippen molar-refractivity contribution in [1.82, 2.24) is 9.47 Å². The minimum atomic E-state index is -0.207. The Kier molecular flexibility index (Phi) is 5.18. The molecule has 2 fully saturated rings. The summed E-state index contributed by atoms with van der Waals surface area (Å²) in [6.45, 7) is 7.11. The molecular formula is C21H30N2O3. The Morgan fingerprint density at radius 2 is 1.81 bits per heavy atom. The number of rotatable bonds is 4. The third-order valence-corrected chi connectivity index (χ3v) is 6.19. The number of fused-ring (bicyclic) bond motifs is 1. The molecule has 0 radical (unpaired) electrons. The van der Waals surface area contributed by atoms with Gasteiger partial charge in [0.1, 0.15) is 0 Å². The molecule has 0 amide bonds. The summed E-state index contributed by atoms with van der Waals surface area (Å²) in [4.78, 5) is 15.0. The zero-order chi connectivity index (χ0) is 18.1. The number of oxazole rings is 1.